The molecule has 3 aliphatic carbocycles. The van der Waals surface area contributed by atoms with Crippen molar-refractivity contribution in [2.24, 2.45) is 17.3 Å². The Morgan fingerprint density at radius 2 is 1.97 bits per heavy atom. The Kier molecular flexibility index (Phi) is 4.92. The van der Waals surface area contributed by atoms with Crippen LogP contribution in [0.2, 0.25) is 5.02 Å². The van der Waals surface area contributed by atoms with E-state index in [2.05, 4.69) is 24.0 Å². The van der Waals surface area contributed by atoms with Gasteiger partial charge in [-0.05, 0) is 96.6 Å². The second-order valence-electron chi connectivity index (χ2n) is 9.93. The molecule has 2 aromatic rings. The Labute approximate surface area is 184 Å². The summed E-state index contributed by atoms with van der Waals surface area (Å²) in [5.41, 5.74) is 3.61. The maximum Gasteiger partial charge on any atom is 0.101 e. The summed E-state index contributed by atoms with van der Waals surface area (Å²) in [6.45, 7) is 2.36. The van der Waals surface area contributed by atoms with Crippen LogP contribution >= 0.6 is 11.6 Å². The lowest BCUT2D eigenvalue weighted by Gasteiger charge is -2.61. The zero-order valence-electron chi connectivity index (χ0n) is 17.6. The van der Waals surface area contributed by atoms with E-state index >= 15 is 0 Å². The van der Waals surface area contributed by atoms with E-state index in [4.69, 9.17) is 11.6 Å². The second kappa shape index (κ2) is 7.36. The number of rotatable bonds is 2. The van der Waals surface area contributed by atoms with Gasteiger partial charge in [-0.25, -0.2) is 0 Å². The van der Waals surface area contributed by atoms with Crippen LogP contribution in [0.4, 0.5) is 0 Å². The van der Waals surface area contributed by atoms with Gasteiger partial charge in [0.25, 0.3) is 0 Å². The summed E-state index contributed by atoms with van der Waals surface area (Å²) in [6.07, 6.45) is 11.7. The molecule has 30 heavy (non-hydrogen) atoms. The summed E-state index contributed by atoms with van der Waals surface area (Å²) >= 11 is 6.59. The number of benzene rings is 1. The average Bonchev–Trinajstić information content (AvgIpc) is 2.75. The molecule has 4 heteroatoms. The molecule has 2 saturated carbocycles. The molecule has 0 radical (unpaired) electrons. The smallest absolute Gasteiger partial charge is 0.101 e. The molecule has 0 aliphatic heterocycles. The molecule has 0 bridgehead atoms. The number of hydrogen-bond donors (Lipinski definition) is 1. The third-order valence-corrected chi connectivity index (χ3v) is 9.20. The lowest BCUT2D eigenvalue weighted by molar-refractivity contribution is -0.171. The van der Waals surface area contributed by atoms with Gasteiger partial charge in [-0.2, -0.15) is 5.26 Å². The van der Waals surface area contributed by atoms with Gasteiger partial charge in [0.2, 0.25) is 0 Å². The predicted molar refractivity (Wildman–Crippen MR) is 118 cm³/mol. The molecule has 2 fully saturated rings. The van der Waals surface area contributed by atoms with Crippen LogP contribution in [0.15, 0.2) is 36.7 Å². The molecule has 0 spiro atoms. The number of fused-ring (bicyclic) bond motifs is 5. The lowest BCUT2D eigenvalue weighted by atomic mass is 9.46. The molecule has 1 heterocycles. The zero-order chi connectivity index (χ0) is 20.9. The molecule has 3 nitrogen and oxygen atoms in total. The van der Waals surface area contributed by atoms with Crippen molar-refractivity contribution in [3.63, 3.8) is 0 Å². The SMILES string of the molecule is C[C@]12CCC3c4ccc(C#N)c(Cl)c4CCC3C1CCC[C@@]2(O)Cc1ccncc1. The number of nitriles is 1. The summed E-state index contributed by atoms with van der Waals surface area (Å²) < 4.78 is 0. The van der Waals surface area contributed by atoms with Crippen LogP contribution in [0, 0.1) is 28.6 Å². The van der Waals surface area contributed by atoms with Crippen molar-refractivity contribution in [2.45, 2.75) is 69.8 Å². The first-order valence-electron chi connectivity index (χ1n) is 11.3. The average molecular weight is 421 g/mol. The minimum absolute atomic E-state index is 0.0659. The first-order chi connectivity index (χ1) is 14.5. The molecule has 0 amide bonds. The van der Waals surface area contributed by atoms with Crippen LogP contribution in [0.3, 0.4) is 0 Å². The highest BCUT2D eigenvalue weighted by atomic mass is 35.5. The number of hydrogen-bond acceptors (Lipinski definition) is 3. The van der Waals surface area contributed by atoms with E-state index in [9.17, 15) is 10.4 Å². The topological polar surface area (TPSA) is 56.9 Å². The van der Waals surface area contributed by atoms with Crippen LogP contribution in [0.5, 0.6) is 0 Å². The normalized spacial score (nSPS) is 34.9. The Balaban J connectivity index is 1.48. The Morgan fingerprint density at radius 3 is 2.73 bits per heavy atom. The first kappa shape index (κ1) is 20.0. The van der Waals surface area contributed by atoms with Gasteiger partial charge < -0.3 is 5.11 Å². The van der Waals surface area contributed by atoms with Crippen LogP contribution in [-0.2, 0) is 12.8 Å². The molecule has 156 valence electrons. The summed E-state index contributed by atoms with van der Waals surface area (Å²) in [7, 11) is 0. The van der Waals surface area contributed by atoms with Crippen molar-refractivity contribution >= 4 is 11.6 Å². The molecule has 1 aromatic carbocycles. The molecule has 3 unspecified atom stereocenters. The van der Waals surface area contributed by atoms with Gasteiger partial charge in [0, 0.05) is 18.8 Å². The monoisotopic (exact) mass is 420 g/mol. The van der Waals surface area contributed by atoms with E-state index < -0.39 is 5.60 Å². The zero-order valence-corrected chi connectivity index (χ0v) is 18.3. The maximum absolute atomic E-state index is 12.0. The predicted octanol–water partition coefficient (Wildman–Crippen LogP) is 5.83. The fourth-order valence-corrected chi connectivity index (χ4v) is 7.48. The van der Waals surface area contributed by atoms with Crippen molar-refractivity contribution in [1.82, 2.24) is 4.98 Å². The van der Waals surface area contributed by atoms with Crippen molar-refractivity contribution in [3.8, 4) is 6.07 Å². The van der Waals surface area contributed by atoms with E-state index in [-0.39, 0.29) is 5.41 Å². The first-order valence-corrected chi connectivity index (χ1v) is 11.7. The summed E-state index contributed by atoms with van der Waals surface area (Å²) in [4.78, 5) is 4.14. The quantitative estimate of drug-likeness (QED) is 0.665. The molecule has 0 saturated heterocycles. The van der Waals surface area contributed by atoms with Crippen LogP contribution in [-0.4, -0.2) is 15.7 Å². The largest absolute Gasteiger partial charge is 0.389 e. The number of aliphatic hydroxyl groups is 1. The molecular formula is C26H29ClN2O. The molecular weight excluding hydrogens is 392 g/mol. The summed E-state index contributed by atoms with van der Waals surface area (Å²) in [5.74, 6) is 1.62. The van der Waals surface area contributed by atoms with Gasteiger partial charge in [-0.1, -0.05) is 31.0 Å². The van der Waals surface area contributed by atoms with E-state index in [1.807, 2.05) is 30.6 Å². The van der Waals surface area contributed by atoms with Crippen molar-refractivity contribution < 1.29 is 5.11 Å². The number of pyridine rings is 1. The molecule has 3 aliphatic rings. The highest BCUT2D eigenvalue weighted by molar-refractivity contribution is 6.32. The minimum atomic E-state index is -0.662. The van der Waals surface area contributed by atoms with Gasteiger partial charge in [0.05, 0.1) is 16.2 Å². The van der Waals surface area contributed by atoms with Crippen molar-refractivity contribution in [2.75, 3.05) is 0 Å². The third-order valence-electron chi connectivity index (χ3n) is 8.77. The second-order valence-corrected chi connectivity index (χ2v) is 10.3. The standard InChI is InChI=1S/C26H29ClN2O/c1-25-12-8-20-19-5-4-18(16-28)24(27)22(19)7-6-21(20)23(25)3-2-11-26(25,30)15-17-9-13-29-14-10-17/h4-5,9-10,13-14,20-21,23,30H,2-3,6-8,11-12,15H2,1H3/t20?,21?,23?,25-,26+/m0/s1. The highest BCUT2D eigenvalue weighted by Crippen LogP contribution is 2.63. The fraction of sp³-hybridized carbons (Fsp3) is 0.538. The van der Waals surface area contributed by atoms with Crippen molar-refractivity contribution in [1.29, 1.82) is 5.26 Å². The molecule has 5 atom stereocenters. The number of aromatic nitrogens is 1. The summed E-state index contributed by atoms with van der Waals surface area (Å²) in [6, 6.07) is 10.4. The Morgan fingerprint density at radius 1 is 1.17 bits per heavy atom. The van der Waals surface area contributed by atoms with E-state index in [1.54, 1.807) is 0 Å². The van der Waals surface area contributed by atoms with E-state index in [1.165, 1.54) is 23.1 Å². The van der Waals surface area contributed by atoms with E-state index in [0.717, 1.165) is 38.5 Å². The Hall–Kier alpha value is -1.89. The van der Waals surface area contributed by atoms with Crippen LogP contribution in [0.25, 0.3) is 0 Å². The van der Waals surface area contributed by atoms with Gasteiger partial charge in [-0.3, -0.25) is 4.98 Å². The molecule has 1 N–H and O–H groups in total. The van der Waals surface area contributed by atoms with Gasteiger partial charge in [-0.15, -0.1) is 0 Å². The maximum atomic E-state index is 12.0. The molecule has 5 rings (SSSR count). The fourth-order valence-electron chi connectivity index (χ4n) is 7.17. The molecule has 1 aromatic heterocycles. The van der Waals surface area contributed by atoms with Gasteiger partial charge >= 0.3 is 0 Å². The van der Waals surface area contributed by atoms with Gasteiger partial charge in [0.15, 0.2) is 0 Å². The van der Waals surface area contributed by atoms with Crippen molar-refractivity contribution in [3.05, 3.63) is 63.9 Å². The van der Waals surface area contributed by atoms with E-state index in [0.29, 0.717) is 34.8 Å². The number of nitrogens with zero attached hydrogens (tertiary/aromatic N) is 2. The third kappa shape index (κ3) is 2.92. The van der Waals surface area contributed by atoms with Gasteiger partial charge in [0.1, 0.15) is 6.07 Å². The van der Waals surface area contributed by atoms with Crippen LogP contribution in [0.1, 0.15) is 73.6 Å². The lowest BCUT2D eigenvalue weighted by Crippen LogP contribution is -2.59. The summed E-state index contributed by atoms with van der Waals surface area (Å²) in [5, 5.41) is 22.0. The highest BCUT2D eigenvalue weighted by Gasteiger charge is 2.59. The number of halogens is 1. The Bertz CT molecular complexity index is 1000. The van der Waals surface area contributed by atoms with Crippen LogP contribution < -0.4 is 0 Å². The minimum Gasteiger partial charge on any atom is -0.389 e.